The van der Waals surface area contributed by atoms with Crippen molar-refractivity contribution >= 4 is 45.8 Å². The van der Waals surface area contributed by atoms with Crippen LogP contribution in [-0.2, 0) is 20.7 Å². The number of thiazole rings is 1. The number of aromatic nitrogens is 1. The van der Waals surface area contributed by atoms with E-state index in [-0.39, 0.29) is 24.2 Å². The maximum absolute atomic E-state index is 12.3. The van der Waals surface area contributed by atoms with Crippen molar-refractivity contribution in [2.45, 2.75) is 20.3 Å². The summed E-state index contributed by atoms with van der Waals surface area (Å²) in [5.74, 6) is -0.485. The third-order valence-electron chi connectivity index (χ3n) is 3.85. The predicted octanol–water partition coefficient (Wildman–Crippen LogP) is 2.88. The first-order chi connectivity index (χ1) is 12.9. The molecular formula is C18H20N4O4S. The molecule has 1 fully saturated rings. The van der Waals surface area contributed by atoms with Gasteiger partial charge in [-0.05, 0) is 18.2 Å². The van der Waals surface area contributed by atoms with E-state index in [2.05, 4.69) is 15.6 Å². The lowest BCUT2D eigenvalue weighted by atomic mass is 10.2. The smallest absolute Gasteiger partial charge is 0.414 e. The summed E-state index contributed by atoms with van der Waals surface area (Å²) in [7, 11) is 0. The molecule has 142 valence electrons. The first-order valence-corrected chi connectivity index (χ1v) is 9.40. The maximum atomic E-state index is 12.3. The Balaban J connectivity index is 1.59. The summed E-state index contributed by atoms with van der Waals surface area (Å²) in [5.41, 5.74) is 1.83. The van der Waals surface area contributed by atoms with Crippen LogP contribution in [0.5, 0.6) is 0 Å². The number of hydrogen-bond acceptors (Lipinski definition) is 6. The molecule has 0 unspecified atom stereocenters. The number of anilines is 3. The van der Waals surface area contributed by atoms with E-state index >= 15 is 0 Å². The summed E-state index contributed by atoms with van der Waals surface area (Å²) in [4.78, 5) is 41.4. The summed E-state index contributed by atoms with van der Waals surface area (Å²) in [6, 6.07) is 7.02. The van der Waals surface area contributed by atoms with Gasteiger partial charge in [-0.2, -0.15) is 0 Å². The van der Waals surface area contributed by atoms with Crippen LogP contribution >= 0.6 is 11.3 Å². The van der Waals surface area contributed by atoms with Crippen molar-refractivity contribution < 1.29 is 19.1 Å². The molecule has 0 bridgehead atoms. The lowest BCUT2D eigenvalue weighted by molar-refractivity contribution is -0.119. The van der Waals surface area contributed by atoms with E-state index in [0.717, 1.165) is 0 Å². The highest BCUT2D eigenvalue weighted by molar-refractivity contribution is 7.13. The van der Waals surface area contributed by atoms with Crippen LogP contribution in [0.4, 0.5) is 21.3 Å². The van der Waals surface area contributed by atoms with Gasteiger partial charge >= 0.3 is 6.09 Å². The van der Waals surface area contributed by atoms with E-state index in [0.29, 0.717) is 35.4 Å². The van der Waals surface area contributed by atoms with Crippen molar-refractivity contribution in [3.63, 3.8) is 0 Å². The molecule has 3 amide bonds. The van der Waals surface area contributed by atoms with Gasteiger partial charge in [0.25, 0.3) is 0 Å². The highest BCUT2D eigenvalue weighted by Crippen LogP contribution is 2.23. The second kappa shape index (κ2) is 8.17. The zero-order valence-corrected chi connectivity index (χ0v) is 15.8. The summed E-state index contributed by atoms with van der Waals surface area (Å²) in [6.45, 7) is 4.44. The topological polar surface area (TPSA) is 101 Å². The second-order valence-electron chi connectivity index (χ2n) is 6.33. The zero-order valence-electron chi connectivity index (χ0n) is 15.0. The maximum Gasteiger partial charge on any atom is 0.414 e. The van der Waals surface area contributed by atoms with Crippen molar-refractivity contribution in [2.24, 2.45) is 5.92 Å². The first kappa shape index (κ1) is 18.8. The Labute approximate surface area is 160 Å². The number of carbonyl (C=O) groups excluding carboxylic acids is 3. The second-order valence-corrected chi connectivity index (χ2v) is 7.19. The quantitative estimate of drug-likeness (QED) is 0.792. The van der Waals surface area contributed by atoms with Gasteiger partial charge in [-0.25, -0.2) is 9.78 Å². The van der Waals surface area contributed by atoms with Gasteiger partial charge in [-0.3, -0.25) is 14.5 Å². The Kier molecular flexibility index (Phi) is 5.70. The minimum Gasteiger partial charge on any atom is -0.447 e. The number of benzene rings is 1. The normalized spacial score (nSPS) is 13.6. The Morgan fingerprint density at radius 2 is 2.15 bits per heavy atom. The van der Waals surface area contributed by atoms with E-state index in [4.69, 9.17) is 4.74 Å². The fraction of sp³-hybridized carbons (Fsp3) is 0.333. The third kappa shape index (κ3) is 4.82. The molecule has 1 aromatic heterocycles. The number of hydrogen-bond donors (Lipinski definition) is 2. The summed E-state index contributed by atoms with van der Waals surface area (Å²) < 4.78 is 4.93. The average Bonchev–Trinajstić information content (AvgIpc) is 3.23. The minimum absolute atomic E-state index is 0.0873. The van der Waals surface area contributed by atoms with Crippen molar-refractivity contribution in [2.75, 3.05) is 28.7 Å². The average molecular weight is 388 g/mol. The van der Waals surface area contributed by atoms with Crippen molar-refractivity contribution in [3.8, 4) is 0 Å². The SMILES string of the molecule is CC(C)C(=O)Nc1nc(CC(=O)Nc2cccc(N3CCOC3=O)c2)cs1. The van der Waals surface area contributed by atoms with Gasteiger partial charge in [0.05, 0.1) is 18.7 Å². The van der Waals surface area contributed by atoms with Crippen molar-refractivity contribution in [3.05, 3.63) is 35.3 Å². The number of rotatable bonds is 6. The van der Waals surface area contributed by atoms with Gasteiger partial charge in [0.2, 0.25) is 11.8 Å². The molecule has 27 heavy (non-hydrogen) atoms. The molecule has 9 heteroatoms. The molecule has 8 nitrogen and oxygen atoms in total. The predicted molar refractivity (Wildman–Crippen MR) is 103 cm³/mol. The van der Waals surface area contributed by atoms with Crippen LogP contribution in [0.25, 0.3) is 0 Å². The highest BCUT2D eigenvalue weighted by atomic mass is 32.1. The molecule has 2 aromatic rings. The molecular weight excluding hydrogens is 368 g/mol. The number of amides is 3. The van der Waals surface area contributed by atoms with Gasteiger partial charge in [0.1, 0.15) is 6.61 Å². The standard InChI is InChI=1S/C18H20N4O4S/c1-11(2)16(24)21-17-20-13(10-27-17)9-15(23)19-12-4-3-5-14(8-12)22-6-7-26-18(22)25/h3-5,8,10-11H,6-7,9H2,1-2H3,(H,19,23)(H,20,21,24). The van der Waals surface area contributed by atoms with Crippen LogP contribution in [-0.4, -0.2) is 36.0 Å². The van der Waals surface area contributed by atoms with Gasteiger partial charge in [-0.15, -0.1) is 11.3 Å². The number of ether oxygens (including phenoxy) is 1. The van der Waals surface area contributed by atoms with Crippen LogP contribution in [0.3, 0.4) is 0 Å². The van der Waals surface area contributed by atoms with E-state index < -0.39 is 6.09 Å². The van der Waals surface area contributed by atoms with Crippen molar-refractivity contribution in [1.82, 2.24) is 4.98 Å². The van der Waals surface area contributed by atoms with E-state index in [1.54, 1.807) is 43.5 Å². The summed E-state index contributed by atoms with van der Waals surface area (Å²) in [6.07, 6.45) is -0.304. The molecule has 0 radical (unpaired) electrons. The van der Waals surface area contributed by atoms with Crippen molar-refractivity contribution in [1.29, 1.82) is 0 Å². The Morgan fingerprint density at radius 3 is 2.85 bits per heavy atom. The monoisotopic (exact) mass is 388 g/mol. The van der Waals surface area contributed by atoms with E-state index in [9.17, 15) is 14.4 Å². The number of carbonyl (C=O) groups is 3. The molecule has 1 saturated heterocycles. The molecule has 1 aromatic carbocycles. The molecule has 1 aliphatic rings. The van der Waals surface area contributed by atoms with Crippen LogP contribution in [0.2, 0.25) is 0 Å². The Bertz CT molecular complexity index is 865. The zero-order chi connectivity index (χ0) is 19.4. The van der Waals surface area contributed by atoms with Crippen LogP contribution < -0.4 is 15.5 Å². The fourth-order valence-corrected chi connectivity index (χ4v) is 3.16. The number of nitrogens with zero attached hydrogens (tertiary/aromatic N) is 2. The molecule has 2 heterocycles. The fourth-order valence-electron chi connectivity index (χ4n) is 2.44. The molecule has 2 N–H and O–H groups in total. The molecule has 3 rings (SSSR count). The minimum atomic E-state index is -0.392. The van der Waals surface area contributed by atoms with E-state index in [1.807, 2.05) is 0 Å². The first-order valence-electron chi connectivity index (χ1n) is 8.52. The van der Waals surface area contributed by atoms with Gasteiger partial charge < -0.3 is 15.4 Å². The molecule has 1 aliphatic heterocycles. The molecule has 0 spiro atoms. The summed E-state index contributed by atoms with van der Waals surface area (Å²) in [5, 5.41) is 7.73. The van der Waals surface area contributed by atoms with Crippen LogP contribution in [0, 0.1) is 5.92 Å². The Hall–Kier alpha value is -2.94. The molecule has 0 saturated carbocycles. The van der Waals surface area contributed by atoms with Gasteiger partial charge in [-0.1, -0.05) is 19.9 Å². The van der Waals surface area contributed by atoms with E-state index in [1.165, 1.54) is 16.2 Å². The van der Waals surface area contributed by atoms with Gasteiger partial charge in [0.15, 0.2) is 5.13 Å². The third-order valence-corrected chi connectivity index (χ3v) is 4.66. The number of nitrogens with one attached hydrogen (secondary N) is 2. The van der Waals surface area contributed by atoms with Crippen LogP contribution in [0.1, 0.15) is 19.5 Å². The number of cyclic esters (lactones) is 1. The lowest BCUT2D eigenvalue weighted by Gasteiger charge is -2.14. The van der Waals surface area contributed by atoms with Gasteiger partial charge in [0, 0.05) is 22.7 Å². The van der Waals surface area contributed by atoms with Crippen LogP contribution in [0.15, 0.2) is 29.6 Å². The lowest BCUT2D eigenvalue weighted by Crippen LogP contribution is -2.23. The summed E-state index contributed by atoms with van der Waals surface area (Å²) >= 11 is 1.28. The molecule has 0 atom stereocenters. The Morgan fingerprint density at radius 1 is 1.33 bits per heavy atom. The largest absolute Gasteiger partial charge is 0.447 e. The highest BCUT2D eigenvalue weighted by Gasteiger charge is 2.23. The molecule has 0 aliphatic carbocycles.